The molecule has 0 saturated heterocycles. The Hall–Kier alpha value is -0.920. The van der Waals surface area contributed by atoms with Crippen molar-refractivity contribution in [3.63, 3.8) is 0 Å². The Labute approximate surface area is 127 Å². The molecule has 0 unspecified atom stereocenters. The molecule has 3 nitrogen and oxygen atoms in total. The zero-order valence-electron chi connectivity index (χ0n) is 10.4. The number of benzene rings is 2. The van der Waals surface area contributed by atoms with E-state index in [2.05, 4.69) is 27.3 Å². The average Bonchev–Trinajstić information content (AvgIpc) is 2.41. The number of aryl methyl sites for hydroxylation is 1. The highest BCUT2D eigenvalue weighted by molar-refractivity contribution is 14.1. The monoisotopic (exact) mass is 387 g/mol. The molecule has 19 heavy (non-hydrogen) atoms. The van der Waals surface area contributed by atoms with Crippen molar-refractivity contribution in [3.05, 3.63) is 63.2 Å². The maximum Gasteiger partial charge on any atom is 0.240 e. The van der Waals surface area contributed by atoms with Crippen molar-refractivity contribution in [1.82, 2.24) is 4.72 Å². The van der Waals surface area contributed by atoms with E-state index in [0.29, 0.717) is 6.54 Å². The molecule has 0 aliphatic heterocycles. The van der Waals surface area contributed by atoms with Crippen LogP contribution in [-0.4, -0.2) is 8.42 Å². The van der Waals surface area contributed by atoms with Crippen LogP contribution in [0.15, 0.2) is 53.4 Å². The molecule has 0 spiro atoms. The van der Waals surface area contributed by atoms with Gasteiger partial charge in [0.25, 0.3) is 0 Å². The highest BCUT2D eigenvalue weighted by Crippen LogP contribution is 2.14. The fraction of sp³-hybridized carbons (Fsp3) is 0.143. The van der Waals surface area contributed by atoms with Gasteiger partial charge in [0, 0.05) is 10.1 Å². The lowest BCUT2D eigenvalue weighted by Crippen LogP contribution is -2.23. The van der Waals surface area contributed by atoms with Crippen molar-refractivity contribution in [1.29, 1.82) is 0 Å². The summed E-state index contributed by atoms with van der Waals surface area (Å²) in [5.41, 5.74) is 2.14. The largest absolute Gasteiger partial charge is 0.240 e. The first-order valence-corrected chi connectivity index (χ1v) is 8.35. The van der Waals surface area contributed by atoms with Crippen LogP contribution in [0.4, 0.5) is 0 Å². The van der Waals surface area contributed by atoms with Gasteiger partial charge in [-0.1, -0.05) is 30.3 Å². The topological polar surface area (TPSA) is 46.2 Å². The third-order valence-corrected chi connectivity index (χ3v) is 5.34. The third kappa shape index (κ3) is 3.77. The zero-order valence-corrected chi connectivity index (χ0v) is 13.4. The van der Waals surface area contributed by atoms with Crippen LogP contribution in [0.3, 0.4) is 0 Å². The summed E-state index contributed by atoms with van der Waals surface area (Å²) in [6.45, 7) is 2.33. The van der Waals surface area contributed by atoms with E-state index in [0.717, 1.165) is 9.13 Å². The van der Waals surface area contributed by atoms with E-state index in [1.807, 2.05) is 25.1 Å². The molecule has 0 atom stereocenters. The number of sulfonamides is 1. The quantitative estimate of drug-likeness (QED) is 0.820. The summed E-state index contributed by atoms with van der Waals surface area (Å²) in [4.78, 5) is 0.289. The Morgan fingerprint density at radius 3 is 2.42 bits per heavy atom. The van der Waals surface area contributed by atoms with E-state index in [9.17, 15) is 8.42 Å². The molecule has 0 heterocycles. The molecule has 5 heteroatoms. The lowest BCUT2D eigenvalue weighted by molar-refractivity contribution is 0.581. The first-order valence-electron chi connectivity index (χ1n) is 5.79. The number of hydrogen-bond donors (Lipinski definition) is 1. The number of halogens is 1. The minimum absolute atomic E-state index is 0.289. The predicted molar refractivity (Wildman–Crippen MR) is 84.4 cm³/mol. The molecule has 2 aromatic carbocycles. The second kappa shape index (κ2) is 6.02. The van der Waals surface area contributed by atoms with E-state index in [1.54, 1.807) is 30.3 Å². The summed E-state index contributed by atoms with van der Waals surface area (Å²) < 4.78 is 27.8. The number of hydrogen-bond acceptors (Lipinski definition) is 2. The van der Waals surface area contributed by atoms with E-state index in [4.69, 9.17) is 0 Å². The van der Waals surface area contributed by atoms with E-state index in [1.165, 1.54) is 5.56 Å². The van der Waals surface area contributed by atoms with Gasteiger partial charge in [-0.15, -0.1) is 0 Å². The third-order valence-electron chi connectivity index (χ3n) is 2.76. The van der Waals surface area contributed by atoms with E-state index in [-0.39, 0.29) is 4.90 Å². The minimum Gasteiger partial charge on any atom is -0.207 e. The molecule has 0 aliphatic rings. The predicted octanol–water partition coefficient (Wildman–Crippen LogP) is 3.08. The molecule has 0 bridgehead atoms. The smallest absolute Gasteiger partial charge is 0.207 e. The lowest BCUT2D eigenvalue weighted by atomic mass is 10.2. The van der Waals surface area contributed by atoms with Gasteiger partial charge in [0.1, 0.15) is 0 Å². The van der Waals surface area contributed by atoms with Crippen LogP contribution in [0.25, 0.3) is 0 Å². The molecule has 0 amide bonds. The van der Waals surface area contributed by atoms with E-state index >= 15 is 0 Å². The van der Waals surface area contributed by atoms with Crippen molar-refractivity contribution in [2.24, 2.45) is 0 Å². The van der Waals surface area contributed by atoms with Crippen LogP contribution in [0, 0.1) is 10.5 Å². The van der Waals surface area contributed by atoms with Crippen LogP contribution in [-0.2, 0) is 16.6 Å². The summed E-state index contributed by atoms with van der Waals surface area (Å²) in [5, 5.41) is 0. The maximum absolute atomic E-state index is 12.0. The Morgan fingerprint density at radius 2 is 1.79 bits per heavy atom. The molecule has 0 aliphatic carbocycles. The van der Waals surface area contributed by atoms with Crippen LogP contribution < -0.4 is 4.72 Å². The van der Waals surface area contributed by atoms with Gasteiger partial charge in [0.15, 0.2) is 0 Å². The standard InChI is InChI=1S/C14H14INO2S/c1-11-7-8-12(9-14(11)15)10-16-19(17,18)13-5-3-2-4-6-13/h2-9,16H,10H2,1H3. The van der Waals surface area contributed by atoms with Crippen LogP contribution in [0.2, 0.25) is 0 Å². The van der Waals surface area contributed by atoms with Crippen molar-refractivity contribution in [2.45, 2.75) is 18.4 Å². The Balaban J connectivity index is 2.12. The molecular weight excluding hydrogens is 373 g/mol. The van der Waals surface area contributed by atoms with Crippen molar-refractivity contribution < 1.29 is 8.42 Å². The first kappa shape index (κ1) is 14.5. The molecule has 100 valence electrons. The average molecular weight is 387 g/mol. The van der Waals surface area contributed by atoms with Crippen LogP contribution in [0.1, 0.15) is 11.1 Å². The zero-order chi connectivity index (χ0) is 13.9. The number of rotatable bonds is 4. The Bertz CT molecular complexity index is 669. The van der Waals surface area contributed by atoms with Gasteiger partial charge >= 0.3 is 0 Å². The van der Waals surface area contributed by atoms with Gasteiger partial charge in [0.05, 0.1) is 4.90 Å². The fourth-order valence-corrected chi connectivity index (χ4v) is 3.23. The lowest BCUT2D eigenvalue weighted by Gasteiger charge is -2.08. The van der Waals surface area contributed by atoms with Gasteiger partial charge in [0.2, 0.25) is 10.0 Å². The maximum atomic E-state index is 12.0. The first-order chi connectivity index (χ1) is 8.99. The fourth-order valence-electron chi connectivity index (χ4n) is 1.61. The molecule has 0 saturated carbocycles. The van der Waals surface area contributed by atoms with Gasteiger partial charge < -0.3 is 0 Å². The van der Waals surface area contributed by atoms with Gasteiger partial charge in [-0.25, -0.2) is 13.1 Å². The molecule has 0 radical (unpaired) electrons. The Morgan fingerprint density at radius 1 is 1.11 bits per heavy atom. The van der Waals surface area contributed by atoms with Crippen molar-refractivity contribution >= 4 is 32.6 Å². The highest BCUT2D eigenvalue weighted by atomic mass is 127. The normalized spacial score (nSPS) is 11.5. The van der Waals surface area contributed by atoms with Gasteiger partial charge in [-0.05, 0) is 58.8 Å². The van der Waals surface area contributed by atoms with Crippen LogP contribution in [0.5, 0.6) is 0 Å². The Kier molecular flexibility index (Phi) is 4.59. The summed E-state index contributed by atoms with van der Waals surface area (Å²) >= 11 is 2.24. The highest BCUT2D eigenvalue weighted by Gasteiger charge is 2.12. The second-order valence-corrected chi connectivity index (χ2v) is 7.15. The summed E-state index contributed by atoms with van der Waals surface area (Å²) in [5.74, 6) is 0. The number of nitrogens with one attached hydrogen (secondary N) is 1. The molecule has 0 fully saturated rings. The molecular formula is C14H14INO2S. The van der Waals surface area contributed by atoms with Gasteiger partial charge in [-0.2, -0.15) is 0 Å². The van der Waals surface area contributed by atoms with Crippen LogP contribution >= 0.6 is 22.6 Å². The molecule has 1 N–H and O–H groups in total. The second-order valence-electron chi connectivity index (χ2n) is 4.22. The molecule has 2 rings (SSSR count). The minimum atomic E-state index is -3.43. The molecule has 0 aromatic heterocycles. The van der Waals surface area contributed by atoms with Crippen molar-refractivity contribution in [2.75, 3.05) is 0 Å². The summed E-state index contributed by atoms with van der Waals surface area (Å²) in [7, 11) is -3.43. The van der Waals surface area contributed by atoms with Gasteiger partial charge in [-0.3, -0.25) is 0 Å². The SMILES string of the molecule is Cc1ccc(CNS(=O)(=O)c2ccccc2)cc1I. The summed E-state index contributed by atoms with van der Waals surface area (Å²) in [6.07, 6.45) is 0. The van der Waals surface area contributed by atoms with E-state index < -0.39 is 10.0 Å². The van der Waals surface area contributed by atoms with Crippen molar-refractivity contribution in [3.8, 4) is 0 Å². The molecule has 2 aromatic rings. The summed E-state index contributed by atoms with van der Waals surface area (Å²) in [6, 6.07) is 14.3.